The van der Waals surface area contributed by atoms with Crippen LogP contribution in [0, 0.1) is 0 Å². The van der Waals surface area contributed by atoms with Gasteiger partial charge >= 0.3 is 0 Å². The van der Waals surface area contributed by atoms with E-state index in [9.17, 15) is 0 Å². The van der Waals surface area contributed by atoms with Crippen molar-refractivity contribution in [1.82, 2.24) is 9.80 Å². The Morgan fingerprint density at radius 3 is 1.61 bits per heavy atom. The van der Waals surface area contributed by atoms with E-state index in [0.717, 1.165) is 0 Å². The lowest BCUT2D eigenvalue weighted by Gasteiger charge is -2.17. The summed E-state index contributed by atoms with van der Waals surface area (Å²) in [5.74, 6) is 0. The Labute approximate surface area is 116 Å². The molecular formula is C16H36N2. The second-order valence-corrected chi connectivity index (χ2v) is 5.93. The summed E-state index contributed by atoms with van der Waals surface area (Å²) in [7, 11) is 6.56. The van der Waals surface area contributed by atoms with Crippen LogP contribution >= 0.6 is 0 Å². The van der Waals surface area contributed by atoms with Crippen LogP contribution in [0.4, 0.5) is 0 Å². The highest BCUT2D eigenvalue weighted by atomic mass is 15.1. The molecule has 0 saturated carbocycles. The third-order valence-electron chi connectivity index (χ3n) is 3.54. The van der Waals surface area contributed by atoms with Crippen molar-refractivity contribution in [2.75, 3.05) is 40.8 Å². The minimum absolute atomic E-state index is 1.21. The molecule has 0 aromatic rings. The lowest BCUT2D eigenvalue weighted by molar-refractivity contribution is 0.294. The monoisotopic (exact) mass is 256 g/mol. The first-order valence-electron chi connectivity index (χ1n) is 8.00. The van der Waals surface area contributed by atoms with Crippen LogP contribution in [0.3, 0.4) is 0 Å². The average molecular weight is 256 g/mol. The first-order valence-corrected chi connectivity index (χ1v) is 8.00. The van der Waals surface area contributed by atoms with Crippen molar-refractivity contribution >= 4 is 0 Å². The van der Waals surface area contributed by atoms with E-state index >= 15 is 0 Å². The van der Waals surface area contributed by atoms with Crippen molar-refractivity contribution in [1.29, 1.82) is 0 Å². The molecule has 0 saturated heterocycles. The zero-order valence-corrected chi connectivity index (χ0v) is 13.4. The van der Waals surface area contributed by atoms with Gasteiger partial charge in [-0.1, -0.05) is 51.9 Å². The van der Waals surface area contributed by atoms with Crippen LogP contribution < -0.4 is 0 Å². The number of rotatable bonds is 13. The molecule has 0 aliphatic carbocycles. The Bertz CT molecular complexity index is 157. The first kappa shape index (κ1) is 17.9. The summed E-state index contributed by atoms with van der Waals surface area (Å²) in [6.45, 7) is 6.02. The highest BCUT2D eigenvalue weighted by Crippen LogP contribution is 2.08. The van der Waals surface area contributed by atoms with Crippen LogP contribution in [-0.4, -0.2) is 50.6 Å². The van der Waals surface area contributed by atoms with Gasteiger partial charge in [-0.25, -0.2) is 0 Å². The van der Waals surface area contributed by atoms with Crippen LogP contribution in [0.5, 0.6) is 0 Å². The quantitative estimate of drug-likeness (QED) is 0.459. The predicted octanol–water partition coefficient (Wildman–Crippen LogP) is 4.01. The fourth-order valence-corrected chi connectivity index (χ4v) is 2.28. The predicted molar refractivity (Wildman–Crippen MR) is 83.3 cm³/mol. The lowest BCUT2D eigenvalue weighted by atomic mass is 10.1. The van der Waals surface area contributed by atoms with Gasteiger partial charge in [0.15, 0.2) is 0 Å². The summed E-state index contributed by atoms with van der Waals surface area (Å²) >= 11 is 0. The maximum Gasteiger partial charge on any atom is -0.000960 e. The molecule has 0 spiro atoms. The molecule has 0 bridgehead atoms. The molecule has 0 aliphatic rings. The van der Waals surface area contributed by atoms with Crippen LogP contribution in [0.25, 0.3) is 0 Å². The smallest absolute Gasteiger partial charge is 0.000960 e. The zero-order valence-electron chi connectivity index (χ0n) is 13.4. The van der Waals surface area contributed by atoms with E-state index in [-0.39, 0.29) is 0 Å². The third kappa shape index (κ3) is 14.0. The molecule has 18 heavy (non-hydrogen) atoms. The largest absolute Gasteiger partial charge is 0.309 e. The van der Waals surface area contributed by atoms with Gasteiger partial charge in [-0.15, -0.1) is 0 Å². The Morgan fingerprint density at radius 2 is 1.06 bits per heavy atom. The summed E-state index contributed by atoms with van der Waals surface area (Å²) in [5, 5.41) is 0. The summed E-state index contributed by atoms with van der Waals surface area (Å²) in [6.07, 6.45) is 12.7. The average Bonchev–Trinajstić information content (AvgIpc) is 2.32. The summed E-state index contributed by atoms with van der Waals surface area (Å²) < 4.78 is 0. The van der Waals surface area contributed by atoms with Gasteiger partial charge in [0.2, 0.25) is 0 Å². The van der Waals surface area contributed by atoms with Crippen molar-refractivity contribution < 1.29 is 0 Å². The number of hydrogen-bond donors (Lipinski definition) is 0. The highest BCUT2D eigenvalue weighted by Gasteiger charge is 1.99. The summed E-state index contributed by atoms with van der Waals surface area (Å²) in [5.41, 5.74) is 0. The van der Waals surface area contributed by atoms with E-state index in [1.807, 2.05) is 0 Å². The topological polar surface area (TPSA) is 6.48 Å². The SMILES string of the molecule is CCCCCCCCCCN(C)CCCN(C)C. The third-order valence-corrected chi connectivity index (χ3v) is 3.54. The fraction of sp³-hybridized carbons (Fsp3) is 1.00. The number of hydrogen-bond acceptors (Lipinski definition) is 2. The summed E-state index contributed by atoms with van der Waals surface area (Å²) in [4.78, 5) is 4.75. The molecule has 110 valence electrons. The Hall–Kier alpha value is -0.0800. The molecule has 2 heteroatoms. The van der Waals surface area contributed by atoms with Gasteiger partial charge in [-0.2, -0.15) is 0 Å². The Balaban J connectivity index is 3.12. The van der Waals surface area contributed by atoms with E-state index in [1.54, 1.807) is 0 Å². The minimum Gasteiger partial charge on any atom is -0.309 e. The molecule has 0 amide bonds. The second kappa shape index (κ2) is 13.4. The normalized spacial score (nSPS) is 11.7. The standard InChI is InChI=1S/C16H36N2/c1-5-6-7-8-9-10-11-12-15-18(4)16-13-14-17(2)3/h5-16H2,1-4H3. The molecule has 0 radical (unpaired) electrons. The van der Waals surface area contributed by atoms with Crippen molar-refractivity contribution in [3.05, 3.63) is 0 Å². The van der Waals surface area contributed by atoms with E-state index in [1.165, 1.54) is 77.4 Å². The Kier molecular flexibility index (Phi) is 13.3. The van der Waals surface area contributed by atoms with Crippen molar-refractivity contribution in [3.8, 4) is 0 Å². The molecular weight excluding hydrogens is 220 g/mol. The molecule has 2 nitrogen and oxygen atoms in total. The van der Waals surface area contributed by atoms with E-state index in [0.29, 0.717) is 0 Å². The molecule has 0 fully saturated rings. The van der Waals surface area contributed by atoms with E-state index in [2.05, 4.69) is 37.9 Å². The molecule has 0 heterocycles. The zero-order chi connectivity index (χ0) is 13.6. The lowest BCUT2D eigenvalue weighted by Crippen LogP contribution is -2.24. The van der Waals surface area contributed by atoms with Gasteiger partial charge < -0.3 is 9.80 Å². The maximum atomic E-state index is 2.49. The van der Waals surface area contributed by atoms with Crippen molar-refractivity contribution in [2.24, 2.45) is 0 Å². The molecule has 0 aromatic carbocycles. The number of nitrogens with zero attached hydrogens (tertiary/aromatic N) is 2. The van der Waals surface area contributed by atoms with Crippen LogP contribution in [0.1, 0.15) is 64.7 Å². The number of unbranched alkanes of at least 4 members (excludes halogenated alkanes) is 7. The van der Waals surface area contributed by atoms with Gasteiger partial charge in [0.05, 0.1) is 0 Å². The minimum atomic E-state index is 1.21. The Morgan fingerprint density at radius 1 is 0.556 bits per heavy atom. The van der Waals surface area contributed by atoms with Crippen LogP contribution in [-0.2, 0) is 0 Å². The van der Waals surface area contributed by atoms with Crippen LogP contribution in [0.2, 0.25) is 0 Å². The molecule has 0 aliphatic heterocycles. The highest BCUT2D eigenvalue weighted by molar-refractivity contribution is 4.55. The van der Waals surface area contributed by atoms with Gasteiger partial charge in [0.1, 0.15) is 0 Å². The molecule has 0 rings (SSSR count). The summed E-state index contributed by atoms with van der Waals surface area (Å²) in [6, 6.07) is 0. The molecule has 0 unspecified atom stereocenters. The molecule has 0 aromatic heterocycles. The van der Waals surface area contributed by atoms with Crippen molar-refractivity contribution in [3.63, 3.8) is 0 Å². The maximum absolute atomic E-state index is 2.49. The van der Waals surface area contributed by atoms with Gasteiger partial charge in [-0.3, -0.25) is 0 Å². The second-order valence-electron chi connectivity index (χ2n) is 5.93. The van der Waals surface area contributed by atoms with Crippen molar-refractivity contribution in [2.45, 2.75) is 64.7 Å². The van der Waals surface area contributed by atoms with Gasteiger partial charge in [0.25, 0.3) is 0 Å². The van der Waals surface area contributed by atoms with Gasteiger partial charge in [-0.05, 0) is 53.6 Å². The molecule has 0 N–H and O–H groups in total. The van der Waals surface area contributed by atoms with Gasteiger partial charge in [0, 0.05) is 0 Å². The first-order chi connectivity index (χ1) is 8.66. The van der Waals surface area contributed by atoms with E-state index < -0.39 is 0 Å². The molecule has 0 atom stereocenters. The van der Waals surface area contributed by atoms with E-state index in [4.69, 9.17) is 0 Å². The van der Waals surface area contributed by atoms with Crippen LogP contribution in [0.15, 0.2) is 0 Å². The fourth-order valence-electron chi connectivity index (χ4n) is 2.28.